The highest BCUT2D eigenvalue weighted by Gasteiger charge is 2.09. The number of rotatable bonds is 10. The molecule has 0 unspecified atom stereocenters. The number of hydrogen-bond acceptors (Lipinski definition) is 2. The van der Waals surface area contributed by atoms with E-state index < -0.39 is 0 Å². The van der Waals surface area contributed by atoms with Crippen LogP contribution in [0.5, 0.6) is 0 Å². The summed E-state index contributed by atoms with van der Waals surface area (Å²) in [7, 11) is 0. The Morgan fingerprint density at radius 3 is 2.33 bits per heavy atom. The van der Waals surface area contributed by atoms with Gasteiger partial charge in [-0.3, -0.25) is 0 Å². The Kier molecular flexibility index (Phi) is 9.26. The first kappa shape index (κ1) is 17.5. The third-order valence-electron chi connectivity index (χ3n) is 3.44. The molecule has 0 amide bonds. The number of carbonyl (C=O) groups is 1. The zero-order valence-corrected chi connectivity index (χ0v) is 13.4. The minimum atomic E-state index is -0.242. The third kappa shape index (κ3) is 7.69. The molecule has 1 aromatic rings. The summed E-state index contributed by atoms with van der Waals surface area (Å²) in [6, 6.07) is 9.21. The normalized spacial score (nSPS) is 11.4. The minimum Gasteiger partial charge on any atom is -0.428 e. The maximum atomic E-state index is 12.1. The van der Waals surface area contributed by atoms with Crippen molar-refractivity contribution in [3.05, 3.63) is 47.7 Å². The first-order valence-corrected chi connectivity index (χ1v) is 8.24. The molecular formula is C19H28O2. The molecule has 116 valence electrons. The summed E-state index contributed by atoms with van der Waals surface area (Å²) in [5.74, 6) is 0.599. The lowest BCUT2D eigenvalue weighted by atomic mass is 10.1. The van der Waals surface area contributed by atoms with Gasteiger partial charge in [0.25, 0.3) is 0 Å². The van der Waals surface area contributed by atoms with E-state index in [0.29, 0.717) is 5.56 Å². The highest BCUT2D eigenvalue weighted by molar-refractivity contribution is 5.89. The molecule has 0 aliphatic rings. The van der Waals surface area contributed by atoms with E-state index in [1.54, 1.807) is 12.1 Å². The predicted molar refractivity (Wildman–Crippen MR) is 88.2 cm³/mol. The molecule has 0 radical (unpaired) electrons. The Balaban J connectivity index is 2.56. The number of allylic oxidation sites excluding steroid dienone is 2. The highest BCUT2D eigenvalue weighted by atomic mass is 16.5. The molecule has 1 rings (SSSR count). The van der Waals surface area contributed by atoms with Crippen LogP contribution in [0, 0.1) is 0 Å². The minimum absolute atomic E-state index is 0.242. The molecule has 0 saturated carbocycles. The summed E-state index contributed by atoms with van der Waals surface area (Å²) in [4.78, 5) is 12.1. The molecule has 0 aliphatic heterocycles. The van der Waals surface area contributed by atoms with Gasteiger partial charge in [0.05, 0.1) is 5.56 Å². The van der Waals surface area contributed by atoms with Gasteiger partial charge in [0.2, 0.25) is 0 Å². The average Bonchev–Trinajstić information content (AvgIpc) is 2.52. The van der Waals surface area contributed by atoms with E-state index in [1.165, 1.54) is 25.7 Å². The molecule has 0 spiro atoms. The SMILES string of the molecule is CCCCC/C=C(/CCCCC)OC(=O)c1ccccc1. The Morgan fingerprint density at radius 2 is 1.67 bits per heavy atom. The fourth-order valence-corrected chi connectivity index (χ4v) is 2.15. The lowest BCUT2D eigenvalue weighted by Gasteiger charge is -2.09. The zero-order valence-electron chi connectivity index (χ0n) is 13.4. The highest BCUT2D eigenvalue weighted by Crippen LogP contribution is 2.15. The van der Waals surface area contributed by atoms with Crippen LogP contribution in [-0.2, 0) is 4.74 Å². The summed E-state index contributed by atoms with van der Waals surface area (Å²) >= 11 is 0. The fraction of sp³-hybridized carbons (Fsp3) is 0.526. The van der Waals surface area contributed by atoms with Gasteiger partial charge in [0, 0.05) is 6.42 Å². The number of hydrogen-bond donors (Lipinski definition) is 0. The largest absolute Gasteiger partial charge is 0.428 e. The lowest BCUT2D eigenvalue weighted by molar-refractivity contribution is 0.0611. The fourth-order valence-electron chi connectivity index (χ4n) is 2.15. The second-order valence-corrected chi connectivity index (χ2v) is 5.38. The number of unbranched alkanes of at least 4 members (excludes halogenated alkanes) is 5. The summed E-state index contributed by atoms with van der Waals surface area (Å²) in [5, 5.41) is 0. The van der Waals surface area contributed by atoms with E-state index in [0.717, 1.165) is 31.4 Å². The molecule has 0 N–H and O–H groups in total. The van der Waals surface area contributed by atoms with Crippen molar-refractivity contribution in [1.29, 1.82) is 0 Å². The molecule has 1 aromatic carbocycles. The van der Waals surface area contributed by atoms with E-state index >= 15 is 0 Å². The van der Waals surface area contributed by atoms with Crippen molar-refractivity contribution in [2.45, 2.75) is 65.2 Å². The number of esters is 1. The van der Waals surface area contributed by atoms with Crippen LogP contribution in [-0.4, -0.2) is 5.97 Å². The maximum absolute atomic E-state index is 12.1. The Bertz CT molecular complexity index is 420. The van der Waals surface area contributed by atoms with Crippen molar-refractivity contribution < 1.29 is 9.53 Å². The van der Waals surface area contributed by atoms with Crippen LogP contribution in [0.4, 0.5) is 0 Å². The van der Waals surface area contributed by atoms with Crippen LogP contribution in [0.25, 0.3) is 0 Å². The van der Waals surface area contributed by atoms with E-state index in [-0.39, 0.29) is 5.97 Å². The van der Waals surface area contributed by atoms with Gasteiger partial charge in [-0.05, 0) is 37.5 Å². The maximum Gasteiger partial charge on any atom is 0.343 e. The van der Waals surface area contributed by atoms with Crippen LogP contribution >= 0.6 is 0 Å². The monoisotopic (exact) mass is 288 g/mol. The van der Waals surface area contributed by atoms with Crippen LogP contribution in [0.3, 0.4) is 0 Å². The molecule has 0 saturated heterocycles. The van der Waals surface area contributed by atoms with Crippen LogP contribution in [0.15, 0.2) is 42.2 Å². The zero-order chi connectivity index (χ0) is 15.3. The second-order valence-electron chi connectivity index (χ2n) is 5.38. The molecule has 0 atom stereocenters. The molecule has 0 heterocycles. The Hall–Kier alpha value is -1.57. The smallest absolute Gasteiger partial charge is 0.343 e. The summed E-state index contributed by atoms with van der Waals surface area (Å²) in [5.41, 5.74) is 0.618. The van der Waals surface area contributed by atoms with Crippen molar-refractivity contribution in [3.63, 3.8) is 0 Å². The molecule has 2 nitrogen and oxygen atoms in total. The Labute approximate surface area is 129 Å². The molecule has 21 heavy (non-hydrogen) atoms. The molecule has 0 fully saturated rings. The van der Waals surface area contributed by atoms with Gasteiger partial charge in [-0.15, -0.1) is 0 Å². The number of benzene rings is 1. The molecule has 0 bridgehead atoms. The first-order chi connectivity index (χ1) is 10.3. The predicted octanol–water partition coefficient (Wildman–Crippen LogP) is 5.89. The standard InChI is InChI=1S/C19H28O2/c1-3-5-7-12-16-18(15-9-6-4-2)21-19(20)17-13-10-8-11-14-17/h8,10-11,13-14,16H,3-7,9,12,15H2,1-2H3/b18-16-. The van der Waals surface area contributed by atoms with Gasteiger partial charge >= 0.3 is 5.97 Å². The van der Waals surface area contributed by atoms with Crippen molar-refractivity contribution >= 4 is 5.97 Å². The second kappa shape index (κ2) is 11.1. The van der Waals surface area contributed by atoms with Gasteiger partial charge in [0.1, 0.15) is 5.76 Å². The van der Waals surface area contributed by atoms with E-state index in [9.17, 15) is 4.79 Å². The van der Waals surface area contributed by atoms with Crippen LogP contribution in [0.2, 0.25) is 0 Å². The van der Waals surface area contributed by atoms with Gasteiger partial charge in [-0.1, -0.05) is 57.7 Å². The van der Waals surface area contributed by atoms with E-state index in [1.807, 2.05) is 18.2 Å². The quantitative estimate of drug-likeness (QED) is 0.305. The third-order valence-corrected chi connectivity index (χ3v) is 3.44. The van der Waals surface area contributed by atoms with Crippen molar-refractivity contribution in [2.75, 3.05) is 0 Å². The number of carbonyl (C=O) groups excluding carboxylic acids is 1. The van der Waals surface area contributed by atoms with Gasteiger partial charge in [0.15, 0.2) is 0 Å². The Morgan fingerprint density at radius 1 is 1.00 bits per heavy atom. The average molecular weight is 288 g/mol. The van der Waals surface area contributed by atoms with Crippen LogP contribution in [0.1, 0.15) is 75.6 Å². The van der Waals surface area contributed by atoms with Gasteiger partial charge in [-0.25, -0.2) is 4.79 Å². The molecule has 0 aromatic heterocycles. The summed E-state index contributed by atoms with van der Waals surface area (Å²) in [6.45, 7) is 4.38. The molecule has 0 aliphatic carbocycles. The van der Waals surface area contributed by atoms with Gasteiger partial charge in [-0.2, -0.15) is 0 Å². The van der Waals surface area contributed by atoms with Gasteiger partial charge < -0.3 is 4.74 Å². The van der Waals surface area contributed by atoms with Crippen molar-refractivity contribution in [1.82, 2.24) is 0 Å². The first-order valence-electron chi connectivity index (χ1n) is 8.24. The van der Waals surface area contributed by atoms with Crippen LogP contribution < -0.4 is 0 Å². The topological polar surface area (TPSA) is 26.3 Å². The lowest BCUT2D eigenvalue weighted by Crippen LogP contribution is -2.05. The molecular weight excluding hydrogens is 260 g/mol. The summed E-state index contributed by atoms with van der Waals surface area (Å²) < 4.78 is 5.59. The van der Waals surface area contributed by atoms with Crippen molar-refractivity contribution in [3.8, 4) is 0 Å². The van der Waals surface area contributed by atoms with E-state index in [4.69, 9.17) is 4.74 Å². The molecule has 2 heteroatoms. The summed E-state index contributed by atoms with van der Waals surface area (Å²) in [6.07, 6.45) is 11.0. The van der Waals surface area contributed by atoms with E-state index in [2.05, 4.69) is 19.9 Å². The van der Waals surface area contributed by atoms with Crippen molar-refractivity contribution in [2.24, 2.45) is 0 Å². The number of ether oxygens (including phenoxy) is 1.